The van der Waals surface area contributed by atoms with Crippen LogP contribution in [0, 0.1) is 11.3 Å². The number of aromatic nitrogens is 2. The summed E-state index contributed by atoms with van der Waals surface area (Å²) in [4.78, 5) is 7.40. The van der Waals surface area contributed by atoms with Crippen molar-refractivity contribution in [1.29, 1.82) is 5.26 Å². The number of aromatic amines is 1. The van der Waals surface area contributed by atoms with Gasteiger partial charge in [-0.1, -0.05) is 30.3 Å². The van der Waals surface area contributed by atoms with Gasteiger partial charge in [0, 0.05) is 27.8 Å². The fourth-order valence-corrected chi connectivity index (χ4v) is 2.40. The molecule has 0 fully saturated rings. The first-order valence-corrected chi connectivity index (χ1v) is 6.87. The lowest BCUT2D eigenvalue weighted by Gasteiger charge is -1.98. The Morgan fingerprint density at radius 2 is 2.10 bits per heavy atom. The Morgan fingerprint density at radius 3 is 2.85 bits per heavy atom. The smallest absolute Gasteiger partial charge is 0.137 e. The van der Waals surface area contributed by atoms with E-state index in [0.29, 0.717) is 5.57 Å². The van der Waals surface area contributed by atoms with Gasteiger partial charge < -0.3 is 4.98 Å². The molecule has 1 aromatic carbocycles. The minimum atomic E-state index is 0.631. The van der Waals surface area contributed by atoms with Crippen molar-refractivity contribution in [2.75, 3.05) is 0 Å². The summed E-state index contributed by atoms with van der Waals surface area (Å²) in [7, 11) is 0. The highest BCUT2D eigenvalue weighted by molar-refractivity contribution is 9.10. The van der Waals surface area contributed by atoms with Crippen molar-refractivity contribution in [2.45, 2.75) is 0 Å². The molecule has 0 unspecified atom stereocenters. The molecule has 0 amide bonds. The number of nitrogens with zero attached hydrogens (tertiary/aromatic N) is 2. The summed E-state index contributed by atoms with van der Waals surface area (Å²) >= 11 is 3.42. The molecule has 0 saturated heterocycles. The molecule has 1 N–H and O–H groups in total. The second-order valence-electron chi connectivity index (χ2n) is 4.33. The topological polar surface area (TPSA) is 52.5 Å². The summed E-state index contributed by atoms with van der Waals surface area (Å²) in [6, 6.07) is 13.9. The number of fused-ring (bicyclic) bond motifs is 1. The zero-order chi connectivity index (χ0) is 13.9. The summed E-state index contributed by atoms with van der Waals surface area (Å²) in [6.07, 6.45) is 5.49. The fraction of sp³-hybridized carbons (Fsp3) is 0. The number of allylic oxidation sites excluding steroid dienone is 1. The average Bonchev–Trinajstić information content (AvgIpc) is 2.88. The lowest BCUT2D eigenvalue weighted by atomic mass is 10.0. The Kier molecular flexibility index (Phi) is 3.36. The van der Waals surface area contributed by atoms with E-state index in [1.807, 2.05) is 48.7 Å². The molecule has 3 nitrogen and oxygen atoms in total. The van der Waals surface area contributed by atoms with Gasteiger partial charge in [-0.15, -0.1) is 0 Å². The first kappa shape index (κ1) is 12.6. The predicted molar refractivity (Wildman–Crippen MR) is 83.7 cm³/mol. The lowest BCUT2D eigenvalue weighted by Crippen LogP contribution is -1.81. The molecule has 3 aromatic rings. The summed E-state index contributed by atoms with van der Waals surface area (Å²) in [5.41, 5.74) is 3.30. The van der Waals surface area contributed by atoms with Crippen LogP contribution in [0.4, 0.5) is 0 Å². The second-order valence-corrected chi connectivity index (χ2v) is 5.25. The van der Waals surface area contributed by atoms with Crippen LogP contribution in [0.3, 0.4) is 0 Å². The Bertz CT molecular complexity index is 826. The Hall–Kier alpha value is -2.38. The van der Waals surface area contributed by atoms with Crippen LogP contribution in [0.5, 0.6) is 0 Å². The molecule has 0 aliphatic carbocycles. The van der Waals surface area contributed by atoms with Crippen LogP contribution in [0.2, 0.25) is 0 Å². The minimum Gasteiger partial charge on any atom is -0.346 e. The van der Waals surface area contributed by atoms with Crippen molar-refractivity contribution < 1.29 is 0 Å². The van der Waals surface area contributed by atoms with Crippen molar-refractivity contribution in [3.05, 3.63) is 64.4 Å². The van der Waals surface area contributed by atoms with E-state index in [1.165, 1.54) is 0 Å². The first-order chi connectivity index (χ1) is 9.78. The quantitative estimate of drug-likeness (QED) is 0.711. The third-order valence-corrected chi connectivity index (χ3v) is 3.47. The van der Waals surface area contributed by atoms with E-state index in [4.69, 9.17) is 0 Å². The molecular formula is C16H10BrN3. The summed E-state index contributed by atoms with van der Waals surface area (Å²) in [5, 5.41) is 10.3. The number of nitrogens with one attached hydrogen (secondary N) is 1. The average molecular weight is 324 g/mol. The van der Waals surface area contributed by atoms with Crippen LogP contribution >= 0.6 is 15.9 Å². The van der Waals surface area contributed by atoms with Gasteiger partial charge in [0.25, 0.3) is 0 Å². The van der Waals surface area contributed by atoms with E-state index in [2.05, 4.69) is 32.0 Å². The van der Waals surface area contributed by atoms with Gasteiger partial charge in [-0.3, -0.25) is 0 Å². The number of pyridine rings is 1. The Labute approximate surface area is 124 Å². The lowest BCUT2D eigenvalue weighted by molar-refractivity contribution is 1.31. The van der Waals surface area contributed by atoms with Crippen LogP contribution in [-0.4, -0.2) is 9.97 Å². The maximum atomic E-state index is 9.35. The Balaban J connectivity index is 2.13. The standard InChI is InChI=1S/C16H10BrN3/c17-14-7-15-13(9-19-16(15)20-10-14)6-12(8-18)11-4-2-1-3-5-11/h1-7,9-10H,(H,19,20). The van der Waals surface area contributed by atoms with Crippen molar-refractivity contribution in [3.8, 4) is 6.07 Å². The monoisotopic (exact) mass is 323 g/mol. The van der Waals surface area contributed by atoms with Gasteiger partial charge in [0.15, 0.2) is 0 Å². The predicted octanol–water partition coefficient (Wildman–Crippen LogP) is 4.39. The van der Waals surface area contributed by atoms with Crippen molar-refractivity contribution in [3.63, 3.8) is 0 Å². The zero-order valence-electron chi connectivity index (χ0n) is 10.5. The molecule has 0 aliphatic heterocycles. The maximum Gasteiger partial charge on any atom is 0.137 e. The van der Waals surface area contributed by atoms with Crippen LogP contribution in [0.1, 0.15) is 11.1 Å². The Morgan fingerprint density at radius 1 is 1.30 bits per heavy atom. The second kappa shape index (κ2) is 5.32. The van der Waals surface area contributed by atoms with Gasteiger partial charge in [-0.2, -0.15) is 5.26 Å². The van der Waals surface area contributed by atoms with E-state index in [1.54, 1.807) is 6.20 Å². The third-order valence-electron chi connectivity index (χ3n) is 3.03. The molecule has 4 heteroatoms. The van der Waals surface area contributed by atoms with Crippen molar-refractivity contribution in [2.24, 2.45) is 0 Å². The molecule has 0 atom stereocenters. The molecule has 3 rings (SSSR count). The largest absolute Gasteiger partial charge is 0.346 e. The van der Waals surface area contributed by atoms with Gasteiger partial charge in [0.05, 0.1) is 11.6 Å². The molecule has 0 saturated carbocycles. The third kappa shape index (κ3) is 2.36. The van der Waals surface area contributed by atoms with Crippen LogP contribution in [0.15, 0.2) is 53.3 Å². The van der Waals surface area contributed by atoms with Crippen molar-refractivity contribution in [1.82, 2.24) is 9.97 Å². The molecule has 0 bridgehead atoms. The van der Waals surface area contributed by atoms with Gasteiger partial charge >= 0.3 is 0 Å². The molecule has 2 heterocycles. The first-order valence-electron chi connectivity index (χ1n) is 6.08. The maximum absolute atomic E-state index is 9.35. The van der Waals surface area contributed by atoms with Crippen LogP contribution < -0.4 is 0 Å². The van der Waals surface area contributed by atoms with E-state index in [-0.39, 0.29) is 0 Å². The summed E-state index contributed by atoms with van der Waals surface area (Å²) in [5.74, 6) is 0. The van der Waals surface area contributed by atoms with E-state index >= 15 is 0 Å². The molecule has 0 spiro atoms. The molecule has 0 radical (unpaired) electrons. The molecular weight excluding hydrogens is 314 g/mol. The van der Waals surface area contributed by atoms with Crippen LogP contribution in [0.25, 0.3) is 22.7 Å². The zero-order valence-corrected chi connectivity index (χ0v) is 12.1. The van der Waals surface area contributed by atoms with Gasteiger partial charge in [0.1, 0.15) is 5.65 Å². The number of hydrogen-bond acceptors (Lipinski definition) is 2. The fourth-order valence-electron chi connectivity index (χ4n) is 2.07. The number of hydrogen-bond donors (Lipinski definition) is 1. The molecule has 2 aromatic heterocycles. The van der Waals surface area contributed by atoms with E-state index < -0.39 is 0 Å². The van der Waals surface area contributed by atoms with E-state index in [9.17, 15) is 5.26 Å². The highest BCUT2D eigenvalue weighted by Crippen LogP contribution is 2.25. The number of rotatable bonds is 2. The molecule has 0 aliphatic rings. The highest BCUT2D eigenvalue weighted by Gasteiger charge is 2.06. The van der Waals surface area contributed by atoms with Crippen molar-refractivity contribution >= 4 is 38.6 Å². The van der Waals surface area contributed by atoms with Gasteiger partial charge in [-0.25, -0.2) is 4.98 Å². The SMILES string of the molecule is N#CC(=Cc1c[nH]c2ncc(Br)cc12)c1ccccc1. The number of nitriles is 1. The number of H-pyrrole nitrogens is 1. The van der Waals surface area contributed by atoms with Crippen LogP contribution in [-0.2, 0) is 0 Å². The molecule has 96 valence electrons. The number of halogens is 1. The summed E-state index contributed by atoms with van der Waals surface area (Å²) in [6.45, 7) is 0. The normalized spacial score (nSPS) is 11.5. The molecule has 20 heavy (non-hydrogen) atoms. The van der Waals surface area contributed by atoms with E-state index in [0.717, 1.165) is 26.6 Å². The summed E-state index contributed by atoms with van der Waals surface area (Å²) < 4.78 is 0.914. The van der Waals surface area contributed by atoms with Gasteiger partial charge in [-0.05, 0) is 33.6 Å². The van der Waals surface area contributed by atoms with Gasteiger partial charge in [0.2, 0.25) is 0 Å². The highest BCUT2D eigenvalue weighted by atomic mass is 79.9. The number of benzene rings is 1. The minimum absolute atomic E-state index is 0.631.